The van der Waals surface area contributed by atoms with E-state index in [0.29, 0.717) is 5.69 Å². The predicted molar refractivity (Wildman–Crippen MR) is 77.0 cm³/mol. The fourth-order valence-electron chi connectivity index (χ4n) is 2.37. The fourth-order valence-corrected chi connectivity index (χ4v) is 2.59. The summed E-state index contributed by atoms with van der Waals surface area (Å²) in [6.07, 6.45) is 3.25. The molecular formula is C14H17ClN2O3. The summed E-state index contributed by atoms with van der Waals surface area (Å²) in [5.41, 5.74) is 6.35. The zero-order chi connectivity index (χ0) is 14.7. The van der Waals surface area contributed by atoms with Gasteiger partial charge in [0.05, 0.1) is 16.3 Å². The minimum atomic E-state index is -1.05. The van der Waals surface area contributed by atoms with Gasteiger partial charge in [-0.05, 0) is 43.9 Å². The molecule has 0 radical (unpaired) electrons. The van der Waals surface area contributed by atoms with Crippen molar-refractivity contribution in [1.29, 1.82) is 0 Å². The van der Waals surface area contributed by atoms with E-state index in [1.54, 1.807) is 0 Å². The van der Waals surface area contributed by atoms with Crippen LogP contribution in [0.15, 0.2) is 18.2 Å². The Hall–Kier alpha value is -1.59. The molecule has 0 aromatic heterocycles. The molecule has 1 aromatic rings. The summed E-state index contributed by atoms with van der Waals surface area (Å²) in [4.78, 5) is 22.9. The number of nitrogens with one attached hydrogen (secondary N) is 1. The summed E-state index contributed by atoms with van der Waals surface area (Å²) in [7, 11) is 0. The SMILES string of the molecule is NC1CCC(C(=O)Nc2ccc(C(=O)O)cc2Cl)CC1. The maximum Gasteiger partial charge on any atom is 0.335 e. The standard InChI is InChI=1S/C14H17ClN2O3/c15-11-7-9(14(19)20)3-6-12(11)17-13(18)8-1-4-10(16)5-2-8/h3,6-8,10H,1-2,4-5,16H2,(H,17,18)(H,19,20). The molecule has 0 bridgehead atoms. The lowest BCUT2D eigenvalue weighted by Crippen LogP contribution is -2.32. The molecule has 0 spiro atoms. The molecule has 0 aliphatic heterocycles. The van der Waals surface area contributed by atoms with Crippen molar-refractivity contribution in [3.8, 4) is 0 Å². The number of rotatable bonds is 3. The lowest BCUT2D eigenvalue weighted by atomic mass is 9.86. The van der Waals surface area contributed by atoms with E-state index in [0.717, 1.165) is 25.7 Å². The molecule has 1 aliphatic rings. The summed E-state index contributed by atoms with van der Waals surface area (Å²) >= 11 is 5.98. The maximum atomic E-state index is 12.1. The van der Waals surface area contributed by atoms with Crippen LogP contribution in [0.5, 0.6) is 0 Å². The number of carbonyl (C=O) groups excluding carboxylic acids is 1. The van der Waals surface area contributed by atoms with Crippen LogP contribution in [0.2, 0.25) is 5.02 Å². The maximum absolute atomic E-state index is 12.1. The zero-order valence-electron chi connectivity index (χ0n) is 10.9. The molecule has 1 aromatic carbocycles. The molecule has 6 heteroatoms. The lowest BCUT2D eigenvalue weighted by molar-refractivity contribution is -0.120. The van der Waals surface area contributed by atoms with E-state index in [-0.39, 0.29) is 28.5 Å². The Bertz CT molecular complexity index is 525. The monoisotopic (exact) mass is 296 g/mol. The van der Waals surface area contributed by atoms with Crippen molar-refractivity contribution in [3.05, 3.63) is 28.8 Å². The van der Waals surface area contributed by atoms with Gasteiger partial charge in [0.1, 0.15) is 0 Å². The summed E-state index contributed by atoms with van der Waals surface area (Å²) in [6, 6.07) is 4.45. The normalized spacial score (nSPS) is 22.3. The van der Waals surface area contributed by atoms with Crippen molar-refractivity contribution < 1.29 is 14.7 Å². The summed E-state index contributed by atoms with van der Waals surface area (Å²) in [5, 5.41) is 11.8. The van der Waals surface area contributed by atoms with E-state index in [1.165, 1.54) is 18.2 Å². The van der Waals surface area contributed by atoms with Gasteiger partial charge in [0.25, 0.3) is 0 Å². The second-order valence-corrected chi connectivity index (χ2v) is 5.51. The highest BCUT2D eigenvalue weighted by Gasteiger charge is 2.25. The number of carboxylic acids is 1. The molecule has 1 fully saturated rings. The Labute approximate surface area is 122 Å². The topological polar surface area (TPSA) is 92.4 Å². The lowest BCUT2D eigenvalue weighted by Gasteiger charge is -2.25. The minimum absolute atomic E-state index is 0.0509. The molecule has 0 unspecified atom stereocenters. The van der Waals surface area contributed by atoms with Crippen molar-refractivity contribution in [2.45, 2.75) is 31.7 Å². The van der Waals surface area contributed by atoms with E-state index < -0.39 is 5.97 Å². The summed E-state index contributed by atoms with van der Waals surface area (Å²) < 4.78 is 0. The van der Waals surface area contributed by atoms with Crippen LogP contribution in [-0.4, -0.2) is 23.0 Å². The number of hydrogen-bond donors (Lipinski definition) is 3. The molecule has 20 heavy (non-hydrogen) atoms. The first-order valence-corrected chi connectivity index (χ1v) is 6.94. The third kappa shape index (κ3) is 3.49. The molecule has 1 aliphatic carbocycles. The van der Waals surface area contributed by atoms with Crippen LogP contribution in [0.25, 0.3) is 0 Å². The molecule has 1 amide bonds. The number of amides is 1. The quantitative estimate of drug-likeness (QED) is 0.799. The number of carboxylic acid groups (broad SMARTS) is 1. The number of anilines is 1. The Morgan fingerprint density at radius 3 is 2.45 bits per heavy atom. The minimum Gasteiger partial charge on any atom is -0.478 e. The second kappa shape index (κ2) is 6.24. The zero-order valence-corrected chi connectivity index (χ0v) is 11.7. The van der Waals surface area contributed by atoms with Crippen molar-refractivity contribution in [3.63, 3.8) is 0 Å². The van der Waals surface area contributed by atoms with Crippen LogP contribution in [0, 0.1) is 5.92 Å². The van der Waals surface area contributed by atoms with Gasteiger partial charge < -0.3 is 16.2 Å². The molecule has 0 heterocycles. The predicted octanol–water partition coefficient (Wildman–Crippen LogP) is 2.49. The van der Waals surface area contributed by atoms with Crippen LogP contribution in [0.1, 0.15) is 36.0 Å². The van der Waals surface area contributed by atoms with Gasteiger partial charge in [0, 0.05) is 12.0 Å². The van der Waals surface area contributed by atoms with Crippen molar-refractivity contribution in [2.75, 3.05) is 5.32 Å². The van der Waals surface area contributed by atoms with Crippen LogP contribution in [0.4, 0.5) is 5.69 Å². The summed E-state index contributed by atoms with van der Waals surface area (Å²) in [6.45, 7) is 0. The molecule has 0 atom stereocenters. The molecule has 2 rings (SSSR count). The molecule has 108 valence electrons. The van der Waals surface area contributed by atoms with Crippen LogP contribution < -0.4 is 11.1 Å². The highest BCUT2D eigenvalue weighted by Crippen LogP contribution is 2.27. The number of aromatic carboxylic acids is 1. The molecule has 5 nitrogen and oxygen atoms in total. The van der Waals surface area contributed by atoms with Crippen LogP contribution in [-0.2, 0) is 4.79 Å². The largest absolute Gasteiger partial charge is 0.478 e. The average Bonchev–Trinajstić information content (AvgIpc) is 2.41. The number of halogens is 1. The second-order valence-electron chi connectivity index (χ2n) is 5.10. The van der Waals surface area contributed by atoms with Crippen molar-refractivity contribution >= 4 is 29.2 Å². The van der Waals surface area contributed by atoms with Gasteiger partial charge in [-0.2, -0.15) is 0 Å². The molecular weight excluding hydrogens is 280 g/mol. The Morgan fingerprint density at radius 1 is 1.25 bits per heavy atom. The third-order valence-corrected chi connectivity index (χ3v) is 3.93. The van der Waals surface area contributed by atoms with E-state index >= 15 is 0 Å². The van der Waals surface area contributed by atoms with Crippen molar-refractivity contribution in [2.24, 2.45) is 11.7 Å². The highest BCUT2D eigenvalue weighted by atomic mass is 35.5. The van der Waals surface area contributed by atoms with Gasteiger partial charge in [0.15, 0.2) is 0 Å². The van der Waals surface area contributed by atoms with Gasteiger partial charge in [-0.1, -0.05) is 11.6 Å². The molecule has 4 N–H and O–H groups in total. The Balaban J connectivity index is 2.02. The number of carbonyl (C=O) groups is 2. The van der Waals surface area contributed by atoms with Crippen LogP contribution in [0.3, 0.4) is 0 Å². The van der Waals surface area contributed by atoms with E-state index in [9.17, 15) is 9.59 Å². The van der Waals surface area contributed by atoms with Crippen LogP contribution >= 0.6 is 11.6 Å². The number of nitrogens with two attached hydrogens (primary N) is 1. The first-order valence-electron chi connectivity index (χ1n) is 6.56. The average molecular weight is 297 g/mol. The van der Waals surface area contributed by atoms with Gasteiger partial charge in [-0.25, -0.2) is 4.79 Å². The van der Waals surface area contributed by atoms with E-state index in [4.69, 9.17) is 22.4 Å². The first-order chi connectivity index (χ1) is 9.47. The van der Waals surface area contributed by atoms with Gasteiger partial charge in [-0.3, -0.25) is 4.79 Å². The van der Waals surface area contributed by atoms with Gasteiger partial charge in [0.2, 0.25) is 5.91 Å². The summed E-state index contributed by atoms with van der Waals surface area (Å²) in [5.74, 6) is -1.18. The fraction of sp³-hybridized carbons (Fsp3) is 0.429. The van der Waals surface area contributed by atoms with Crippen molar-refractivity contribution in [1.82, 2.24) is 0 Å². The Morgan fingerprint density at radius 2 is 1.90 bits per heavy atom. The number of hydrogen-bond acceptors (Lipinski definition) is 3. The Kier molecular flexibility index (Phi) is 4.62. The van der Waals surface area contributed by atoms with Gasteiger partial charge >= 0.3 is 5.97 Å². The smallest absolute Gasteiger partial charge is 0.335 e. The highest BCUT2D eigenvalue weighted by molar-refractivity contribution is 6.34. The first kappa shape index (κ1) is 14.8. The molecule has 0 saturated heterocycles. The van der Waals surface area contributed by atoms with E-state index in [2.05, 4.69) is 5.32 Å². The molecule has 1 saturated carbocycles. The van der Waals surface area contributed by atoms with Gasteiger partial charge in [-0.15, -0.1) is 0 Å². The van der Waals surface area contributed by atoms with E-state index in [1.807, 2.05) is 0 Å². The third-order valence-electron chi connectivity index (χ3n) is 3.62. The number of benzene rings is 1.